The highest BCUT2D eigenvalue weighted by molar-refractivity contribution is 7.89. The highest BCUT2D eigenvalue weighted by atomic mass is 32.2. The fourth-order valence-electron chi connectivity index (χ4n) is 5.37. The number of aromatic carboxylic acids is 1. The van der Waals surface area contributed by atoms with Crippen LogP contribution in [0.1, 0.15) is 80.8 Å². The van der Waals surface area contributed by atoms with Crippen LogP contribution in [0.2, 0.25) is 0 Å². The van der Waals surface area contributed by atoms with E-state index in [0.717, 1.165) is 30.6 Å². The molecule has 2 aliphatic rings. The molecule has 1 amide bonds. The van der Waals surface area contributed by atoms with Crippen LogP contribution in [0.15, 0.2) is 23.4 Å². The second-order valence-corrected chi connectivity index (χ2v) is 14.4. The summed E-state index contributed by atoms with van der Waals surface area (Å²) in [7, 11) is -2.11. The van der Waals surface area contributed by atoms with Crippen LogP contribution in [0.5, 0.6) is 0 Å². The third-order valence-electron chi connectivity index (χ3n) is 7.68. The maximum Gasteiger partial charge on any atom is 0.348 e. The van der Waals surface area contributed by atoms with Crippen molar-refractivity contribution < 1.29 is 23.1 Å². The van der Waals surface area contributed by atoms with Gasteiger partial charge in [0, 0.05) is 37.0 Å². The van der Waals surface area contributed by atoms with Crippen LogP contribution in [-0.4, -0.2) is 58.6 Å². The molecule has 1 saturated carbocycles. The first-order valence-corrected chi connectivity index (χ1v) is 15.2. The van der Waals surface area contributed by atoms with Crippen molar-refractivity contribution in [1.82, 2.24) is 14.1 Å². The fourth-order valence-corrected chi connectivity index (χ4v) is 7.99. The smallest absolute Gasteiger partial charge is 0.348 e. The molecule has 1 saturated heterocycles. The van der Waals surface area contributed by atoms with Gasteiger partial charge in [0.1, 0.15) is 4.88 Å². The van der Waals surface area contributed by atoms with Gasteiger partial charge in [0.25, 0.3) is 10.0 Å². The topological polar surface area (TPSA) is 113 Å². The first-order chi connectivity index (χ1) is 17.3. The third-order valence-corrected chi connectivity index (χ3v) is 11.2. The molecule has 0 aromatic carbocycles. The number of rotatable bonds is 6. The zero-order valence-corrected chi connectivity index (χ0v) is 23.9. The van der Waals surface area contributed by atoms with E-state index in [1.165, 1.54) is 32.6 Å². The van der Waals surface area contributed by atoms with Crippen molar-refractivity contribution in [3.8, 4) is 0 Å². The van der Waals surface area contributed by atoms with Gasteiger partial charge in [0.15, 0.2) is 5.03 Å². The van der Waals surface area contributed by atoms with Crippen LogP contribution in [-0.2, 0) is 27.3 Å². The molecular weight excluding hydrogens is 512 g/mol. The fraction of sp³-hybridized carbons (Fsp3) is 0.654. The zero-order chi connectivity index (χ0) is 27.1. The normalized spacial score (nSPS) is 22.2. The van der Waals surface area contributed by atoms with Crippen molar-refractivity contribution in [3.05, 3.63) is 28.1 Å². The Kier molecular flexibility index (Phi) is 7.88. The van der Waals surface area contributed by atoms with Gasteiger partial charge < -0.3 is 10.0 Å². The van der Waals surface area contributed by atoms with Gasteiger partial charge >= 0.3 is 5.97 Å². The second-order valence-electron chi connectivity index (χ2n) is 11.5. The highest BCUT2D eigenvalue weighted by Crippen LogP contribution is 2.41. The summed E-state index contributed by atoms with van der Waals surface area (Å²) in [5.41, 5.74) is 0.196. The number of hydrogen-bond acceptors (Lipinski definition) is 6. The molecule has 2 aromatic rings. The lowest BCUT2D eigenvalue weighted by atomic mass is 9.82. The van der Waals surface area contributed by atoms with Crippen LogP contribution < -0.4 is 4.90 Å². The van der Waals surface area contributed by atoms with Crippen molar-refractivity contribution in [1.29, 1.82) is 0 Å². The summed E-state index contributed by atoms with van der Waals surface area (Å²) in [6.45, 7) is 8.80. The zero-order valence-electron chi connectivity index (χ0n) is 22.3. The van der Waals surface area contributed by atoms with Crippen molar-refractivity contribution >= 4 is 38.9 Å². The number of carboxylic acids is 1. The number of thiophene rings is 1. The van der Waals surface area contributed by atoms with E-state index in [1.54, 1.807) is 11.9 Å². The Bertz CT molecular complexity index is 1240. The minimum atomic E-state index is -3.71. The number of hydrogen-bond donors (Lipinski definition) is 1. The van der Waals surface area contributed by atoms with E-state index in [2.05, 4.69) is 12.0 Å². The highest BCUT2D eigenvalue weighted by Gasteiger charge is 2.40. The number of carbonyl (C=O) groups is 2. The summed E-state index contributed by atoms with van der Waals surface area (Å²) in [6, 6.07) is 3.08. The molecule has 1 N–H and O–H groups in total. The van der Waals surface area contributed by atoms with Crippen LogP contribution in [0, 0.1) is 11.8 Å². The molecule has 11 heteroatoms. The summed E-state index contributed by atoms with van der Waals surface area (Å²) < 4.78 is 29.2. The van der Waals surface area contributed by atoms with Gasteiger partial charge in [-0.05, 0) is 62.0 Å². The first-order valence-electron chi connectivity index (χ1n) is 13.0. The van der Waals surface area contributed by atoms with E-state index >= 15 is 0 Å². The molecule has 9 nitrogen and oxygen atoms in total. The Morgan fingerprint density at radius 1 is 1.11 bits per heavy atom. The molecule has 0 radical (unpaired) electrons. The Balaban J connectivity index is 1.66. The number of nitrogens with zero attached hydrogens (tertiary/aromatic N) is 4. The lowest BCUT2D eigenvalue weighted by molar-refractivity contribution is -0.124. The molecule has 2 aromatic heterocycles. The lowest BCUT2D eigenvalue weighted by Gasteiger charge is -2.40. The summed E-state index contributed by atoms with van der Waals surface area (Å²) in [6.07, 6.45) is 5.88. The molecule has 0 spiro atoms. The predicted molar refractivity (Wildman–Crippen MR) is 144 cm³/mol. The molecular formula is C26H38N4O5S2. The standard InChI is InChI=1S/C26H38N4O5S2/c1-17-6-8-18(9-7-17)24(31)30(20-16-21(26(2,3)4)36-23(20)25(32)33)19-11-14-29(15-12-19)37(34,35)22-10-13-27-28(22)5/h10,13,16-19H,6-9,11-12,14-15H2,1-5H3,(H,32,33). The summed E-state index contributed by atoms with van der Waals surface area (Å²) in [5.74, 6) is -0.629. The van der Waals surface area contributed by atoms with Gasteiger partial charge in [0.05, 0.1) is 11.9 Å². The van der Waals surface area contributed by atoms with Gasteiger partial charge in [-0.15, -0.1) is 11.3 Å². The number of aryl methyl sites for hydroxylation is 1. The molecule has 37 heavy (non-hydrogen) atoms. The van der Waals surface area contributed by atoms with E-state index < -0.39 is 16.0 Å². The average Bonchev–Trinajstić information content (AvgIpc) is 3.47. The predicted octanol–water partition coefficient (Wildman–Crippen LogP) is 4.49. The maximum absolute atomic E-state index is 14.0. The lowest BCUT2D eigenvalue weighted by Crippen LogP contribution is -2.51. The number of piperidine rings is 1. The molecule has 0 atom stereocenters. The summed E-state index contributed by atoms with van der Waals surface area (Å²) in [4.78, 5) is 29.2. The second kappa shape index (κ2) is 10.5. The Hall–Kier alpha value is -2.24. The van der Waals surface area contributed by atoms with Gasteiger partial charge in [-0.25, -0.2) is 13.2 Å². The quantitative estimate of drug-likeness (QED) is 0.567. The van der Waals surface area contributed by atoms with Gasteiger partial charge in [-0.1, -0.05) is 27.7 Å². The average molecular weight is 551 g/mol. The van der Waals surface area contributed by atoms with Crippen molar-refractivity contribution in [3.63, 3.8) is 0 Å². The number of sulfonamides is 1. The molecule has 0 unspecified atom stereocenters. The molecule has 1 aliphatic heterocycles. The van der Waals surface area contributed by atoms with E-state index in [1.807, 2.05) is 26.8 Å². The molecule has 0 bridgehead atoms. The molecule has 204 valence electrons. The molecule has 1 aliphatic carbocycles. The van der Waals surface area contributed by atoms with E-state index in [4.69, 9.17) is 0 Å². The number of aromatic nitrogens is 2. The number of carboxylic acid groups (broad SMARTS) is 1. The van der Waals surface area contributed by atoms with Gasteiger partial charge in [-0.2, -0.15) is 9.40 Å². The Labute approximate surface area is 223 Å². The summed E-state index contributed by atoms with van der Waals surface area (Å²) in [5, 5.41) is 14.2. The maximum atomic E-state index is 14.0. The van der Waals surface area contributed by atoms with Crippen molar-refractivity contribution in [2.75, 3.05) is 18.0 Å². The van der Waals surface area contributed by atoms with Gasteiger partial charge in [-0.3, -0.25) is 9.48 Å². The molecule has 2 fully saturated rings. The minimum absolute atomic E-state index is 0.0272. The van der Waals surface area contributed by atoms with Crippen molar-refractivity contribution in [2.45, 2.75) is 82.7 Å². The number of anilines is 1. The third kappa shape index (κ3) is 5.63. The van der Waals surface area contributed by atoms with Crippen LogP contribution in [0.4, 0.5) is 5.69 Å². The Morgan fingerprint density at radius 2 is 1.73 bits per heavy atom. The SMILES string of the molecule is CC1CCC(C(=O)N(c2cc(C(C)(C)C)sc2C(=O)O)C2CCN(S(=O)(=O)c3ccnn3C)CC2)CC1. The van der Waals surface area contributed by atoms with Crippen LogP contribution in [0.25, 0.3) is 0 Å². The van der Waals surface area contributed by atoms with E-state index in [0.29, 0.717) is 24.4 Å². The van der Waals surface area contributed by atoms with Crippen molar-refractivity contribution in [2.24, 2.45) is 18.9 Å². The Morgan fingerprint density at radius 3 is 2.24 bits per heavy atom. The summed E-state index contributed by atoms with van der Waals surface area (Å²) >= 11 is 1.23. The van der Waals surface area contributed by atoms with Crippen LogP contribution >= 0.6 is 11.3 Å². The van der Waals surface area contributed by atoms with E-state index in [9.17, 15) is 23.1 Å². The monoisotopic (exact) mass is 550 g/mol. The molecule has 3 heterocycles. The molecule has 4 rings (SSSR count). The van der Waals surface area contributed by atoms with Crippen LogP contribution in [0.3, 0.4) is 0 Å². The number of amides is 1. The van der Waals surface area contributed by atoms with E-state index in [-0.39, 0.29) is 46.3 Å². The minimum Gasteiger partial charge on any atom is -0.477 e. The van der Waals surface area contributed by atoms with Gasteiger partial charge in [0.2, 0.25) is 5.91 Å². The largest absolute Gasteiger partial charge is 0.477 e. The number of carbonyl (C=O) groups excluding carboxylic acids is 1. The first kappa shape index (κ1) is 27.8.